The summed E-state index contributed by atoms with van der Waals surface area (Å²) in [4.78, 5) is 0. The molecule has 0 amide bonds. The maximum Gasteiger partial charge on any atom is 0.0991 e. The predicted molar refractivity (Wildman–Crippen MR) is 81.4 cm³/mol. The molecular formula is C15H13BrN4. The summed E-state index contributed by atoms with van der Waals surface area (Å²) in [6.07, 6.45) is 2.04. The Morgan fingerprint density at radius 3 is 2.80 bits per heavy atom. The van der Waals surface area contributed by atoms with E-state index in [9.17, 15) is 0 Å². The topological polar surface area (TPSA) is 46.5 Å². The van der Waals surface area contributed by atoms with Gasteiger partial charge in [0.1, 0.15) is 0 Å². The summed E-state index contributed by atoms with van der Waals surface area (Å²) < 4.78 is 5.11. The molecule has 0 radical (unpaired) electrons. The van der Waals surface area contributed by atoms with Crippen LogP contribution in [0, 0.1) is 18.3 Å². The molecule has 0 N–H and O–H groups in total. The van der Waals surface area contributed by atoms with Gasteiger partial charge in [-0.1, -0.05) is 0 Å². The van der Waals surface area contributed by atoms with E-state index in [2.05, 4.69) is 31.7 Å². The van der Waals surface area contributed by atoms with Gasteiger partial charge in [0.05, 0.1) is 34.0 Å². The van der Waals surface area contributed by atoms with E-state index in [1.165, 1.54) is 0 Å². The predicted octanol–water partition coefficient (Wildman–Crippen LogP) is 3.37. The smallest absolute Gasteiger partial charge is 0.0991 e. The molecule has 3 aromatic rings. The van der Waals surface area contributed by atoms with E-state index in [0.717, 1.165) is 33.3 Å². The highest BCUT2D eigenvalue weighted by Crippen LogP contribution is 2.24. The van der Waals surface area contributed by atoms with Gasteiger partial charge >= 0.3 is 0 Å². The van der Waals surface area contributed by atoms with E-state index in [4.69, 9.17) is 5.26 Å². The number of rotatable bonds is 2. The Labute approximate surface area is 125 Å². The maximum atomic E-state index is 8.94. The number of nitriles is 1. The molecule has 0 spiro atoms. The molecule has 100 valence electrons. The number of benzene rings is 1. The summed E-state index contributed by atoms with van der Waals surface area (Å²) in [5.74, 6) is 0. The number of hydrogen-bond acceptors (Lipinski definition) is 2. The van der Waals surface area contributed by atoms with Gasteiger partial charge in [0.15, 0.2) is 0 Å². The summed E-state index contributed by atoms with van der Waals surface area (Å²) in [7, 11) is 1.95. The molecule has 0 aliphatic rings. The lowest BCUT2D eigenvalue weighted by molar-refractivity contribution is 0.671. The fraction of sp³-hybridized carbons (Fsp3) is 0.200. The molecule has 0 saturated heterocycles. The van der Waals surface area contributed by atoms with Crippen LogP contribution in [0.1, 0.15) is 17.0 Å². The van der Waals surface area contributed by atoms with Crippen LogP contribution in [-0.4, -0.2) is 14.3 Å². The Morgan fingerprint density at radius 2 is 2.15 bits per heavy atom. The van der Waals surface area contributed by atoms with Gasteiger partial charge in [-0.2, -0.15) is 10.4 Å². The van der Waals surface area contributed by atoms with Crippen LogP contribution in [0.25, 0.3) is 10.9 Å². The van der Waals surface area contributed by atoms with E-state index in [1.54, 1.807) is 0 Å². The minimum atomic E-state index is 0.688. The molecule has 4 nitrogen and oxygen atoms in total. The highest BCUT2D eigenvalue weighted by atomic mass is 79.9. The maximum absolute atomic E-state index is 8.94. The third kappa shape index (κ3) is 2.02. The molecule has 0 bridgehead atoms. The Morgan fingerprint density at radius 1 is 1.35 bits per heavy atom. The first kappa shape index (κ1) is 12.9. The number of hydrogen-bond donors (Lipinski definition) is 0. The van der Waals surface area contributed by atoms with Crippen molar-refractivity contribution in [2.24, 2.45) is 7.05 Å². The molecule has 0 aliphatic carbocycles. The van der Waals surface area contributed by atoms with Crippen LogP contribution in [0.3, 0.4) is 0 Å². The molecular weight excluding hydrogens is 316 g/mol. The molecule has 0 saturated carbocycles. The lowest BCUT2D eigenvalue weighted by Crippen LogP contribution is -2.05. The monoisotopic (exact) mass is 328 g/mol. The molecule has 20 heavy (non-hydrogen) atoms. The Balaban J connectivity index is 2.05. The van der Waals surface area contributed by atoms with E-state index >= 15 is 0 Å². The summed E-state index contributed by atoms with van der Waals surface area (Å²) in [5, 5.41) is 14.4. The van der Waals surface area contributed by atoms with Gasteiger partial charge in [-0.15, -0.1) is 0 Å². The molecule has 3 rings (SSSR count). The van der Waals surface area contributed by atoms with Crippen molar-refractivity contribution in [3.8, 4) is 6.07 Å². The van der Waals surface area contributed by atoms with Crippen molar-refractivity contribution in [3.05, 3.63) is 51.9 Å². The minimum absolute atomic E-state index is 0.688. The number of nitrogens with zero attached hydrogens (tertiary/aromatic N) is 4. The van der Waals surface area contributed by atoms with Crippen LogP contribution in [-0.2, 0) is 13.6 Å². The zero-order valence-corrected chi connectivity index (χ0v) is 12.8. The van der Waals surface area contributed by atoms with Crippen LogP contribution < -0.4 is 0 Å². The van der Waals surface area contributed by atoms with Crippen molar-refractivity contribution in [3.63, 3.8) is 0 Å². The minimum Gasteiger partial charge on any atom is -0.341 e. The van der Waals surface area contributed by atoms with Gasteiger partial charge in [0.25, 0.3) is 0 Å². The second-order valence-electron chi connectivity index (χ2n) is 4.80. The first-order chi connectivity index (χ1) is 9.60. The summed E-state index contributed by atoms with van der Waals surface area (Å²) in [5.41, 5.74) is 3.93. The van der Waals surface area contributed by atoms with Crippen molar-refractivity contribution in [2.45, 2.75) is 13.5 Å². The van der Waals surface area contributed by atoms with Crippen LogP contribution in [0.15, 0.2) is 34.9 Å². The normalized spacial score (nSPS) is 10.9. The number of aromatic nitrogens is 3. The van der Waals surface area contributed by atoms with E-state index in [1.807, 2.05) is 49.1 Å². The fourth-order valence-corrected chi connectivity index (χ4v) is 2.88. The van der Waals surface area contributed by atoms with Gasteiger partial charge in [-0.25, -0.2) is 0 Å². The van der Waals surface area contributed by atoms with Gasteiger partial charge < -0.3 is 4.57 Å². The zero-order valence-electron chi connectivity index (χ0n) is 11.3. The molecule has 0 aliphatic heterocycles. The highest BCUT2D eigenvalue weighted by molar-refractivity contribution is 9.10. The lowest BCUT2D eigenvalue weighted by Gasteiger charge is -2.07. The Hall–Kier alpha value is -2.06. The molecule has 0 unspecified atom stereocenters. The van der Waals surface area contributed by atoms with Gasteiger partial charge in [-0.05, 0) is 47.1 Å². The van der Waals surface area contributed by atoms with E-state index in [-0.39, 0.29) is 0 Å². The molecule has 1 aromatic carbocycles. The van der Waals surface area contributed by atoms with E-state index in [0.29, 0.717) is 5.56 Å². The zero-order chi connectivity index (χ0) is 14.3. The third-order valence-electron chi connectivity index (χ3n) is 3.48. The van der Waals surface area contributed by atoms with Crippen LogP contribution in [0.2, 0.25) is 0 Å². The quantitative estimate of drug-likeness (QED) is 0.724. The van der Waals surface area contributed by atoms with Crippen LogP contribution >= 0.6 is 15.9 Å². The van der Waals surface area contributed by atoms with Crippen molar-refractivity contribution >= 4 is 26.8 Å². The second-order valence-corrected chi connectivity index (χ2v) is 5.59. The van der Waals surface area contributed by atoms with Crippen molar-refractivity contribution in [2.75, 3.05) is 0 Å². The van der Waals surface area contributed by atoms with Gasteiger partial charge in [0.2, 0.25) is 0 Å². The Bertz CT molecular complexity index is 836. The van der Waals surface area contributed by atoms with Crippen LogP contribution in [0.5, 0.6) is 0 Å². The SMILES string of the molecule is Cc1nn(C)c(Cn2ccc3cc(C#N)ccc32)c1Br. The summed E-state index contributed by atoms with van der Waals surface area (Å²) in [6, 6.07) is 9.96. The average molecular weight is 329 g/mol. The number of halogens is 1. The number of aryl methyl sites for hydroxylation is 2. The van der Waals surface area contributed by atoms with Crippen molar-refractivity contribution in [1.82, 2.24) is 14.3 Å². The lowest BCUT2D eigenvalue weighted by atomic mass is 10.2. The van der Waals surface area contributed by atoms with Gasteiger partial charge in [-0.3, -0.25) is 4.68 Å². The molecule has 2 aromatic heterocycles. The molecule has 5 heteroatoms. The second kappa shape index (κ2) is 4.80. The highest BCUT2D eigenvalue weighted by Gasteiger charge is 2.12. The summed E-state index contributed by atoms with van der Waals surface area (Å²) >= 11 is 3.59. The Kier molecular flexibility index (Phi) is 3.11. The fourth-order valence-electron chi connectivity index (χ4n) is 2.42. The summed E-state index contributed by atoms with van der Waals surface area (Å²) in [6.45, 7) is 2.73. The van der Waals surface area contributed by atoms with Crippen molar-refractivity contribution in [1.29, 1.82) is 5.26 Å². The first-order valence-electron chi connectivity index (χ1n) is 6.27. The third-order valence-corrected chi connectivity index (χ3v) is 4.51. The largest absolute Gasteiger partial charge is 0.341 e. The van der Waals surface area contributed by atoms with Crippen LogP contribution in [0.4, 0.5) is 0 Å². The van der Waals surface area contributed by atoms with Gasteiger partial charge in [0, 0.05) is 24.1 Å². The average Bonchev–Trinajstić information content (AvgIpc) is 2.95. The molecule has 2 heterocycles. The van der Waals surface area contributed by atoms with Crippen molar-refractivity contribution < 1.29 is 0 Å². The first-order valence-corrected chi connectivity index (χ1v) is 7.06. The molecule has 0 atom stereocenters. The molecule has 0 fully saturated rings. The number of fused-ring (bicyclic) bond motifs is 1. The van der Waals surface area contributed by atoms with E-state index < -0.39 is 0 Å². The standard InChI is InChI=1S/C15H13BrN4/c1-10-15(16)14(19(2)18-10)9-20-6-5-12-7-11(8-17)3-4-13(12)20/h3-7H,9H2,1-2H3.